The molecule has 0 aliphatic carbocycles. The zero-order valence-electron chi connectivity index (χ0n) is 12.2. The lowest BCUT2D eigenvalue weighted by atomic mass is 10.2. The number of benzene rings is 1. The Morgan fingerprint density at radius 1 is 1.24 bits per heavy atom. The fourth-order valence-electron chi connectivity index (χ4n) is 1.72. The van der Waals surface area contributed by atoms with E-state index in [9.17, 15) is 0 Å². The van der Waals surface area contributed by atoms with Crippen LogP contribution in [-0.2, 0) is 4.84 Å². The van der Waals surface area contributed by atoms with E-state index in [0.29, 0.717) is 17.2 Å². The summed E-state index contributed by atoms with van der Waals surface area (Å²) < 4.78 is 0. The summed E-state index contributed by atoms with van der Waals surface area (Å²) in [7, 11) is 5.45. The maximum atomic E-state index is 5.84. The standard InChI is InChI=1S/C14H18N6O/c1-20(2)11-6-4-10(5-7-11)19-14-12(8-18-21-3)13(15)16-9-17-14/h4-9H,1-3H3,(H3,15,16,17,19). The van der Waals surface area contributed by atoms with Crippen molar-refractivity contribution in [2.75, 3.05) is 37.2 Å². The van der Waals surface area contributed by atoms with Crippen molar-refractivity contribution in [2.24, 2.45) is 5.16 Å². The topological polar surface area (TPSA) is 88.7 Å². The van der Waals surface area contributed by atoms with Gasteiger partial charge in [0.25, 0.3) is 0 Å². The molecule has 0 spiro atoms. The lowest BCUT2D eigenvalue weighted by Gasteiger charge is -2.14. The van der Waals surface area contributed by atoms with Crippen LogP contribution in [0.2, 0.25) is 0 Å². The van der Waals surface area contributed by atoms with Gasteiger partial charge in [0.05, 0.1) is 11.8 Å². The lowest BCUT2D eigenvalue weighted by molar-refractivity contribution is 0.215. The number of nitrogens with two attached hydrogens (primary N) is 1. The van der Waals surface area contributed by atoms with Gasteiger partial charge in [-0.05, 0) is 24.3 Å². The van der Waals surface area contributed by atoms with Gasteiger partial charge in [0, 0.05) is 25.5 Å². The molecule has 110 valence electrons. The predicted molar refractivity (Wildman–Crippen MR) is 85.1 cm³/mol. The van der Waals surface area contributed by atoms with Gasteiger partial charge < -0.3 is 20.8 Å². The highest BCUT2D eigenvalue weighted by Gasteiger charge is 2.08. The van der Waals surface area contributed by atoms with Gasteiger partial charge in [0.15, 0.2) is 0 Å². The molecule has 1 heterocycles. The van der Waals surface area contributed by atoms with Gasteiger partial charge >= 0.3 is 0 Å². The molecule has 7 heteroatoms. The molecule has 0 saturated heterocycles. The van der Waals surface area contributed by atoms with E-state index in [1.807, 2.05) is 43.3 Å². The maximum Gasteiger partial charge on any atom is 0.144 e. The number of hydrogen-bond acceptors (Lipinski definition) is 7. The fourth-order valence-corrected chi connectivity index (χ4v) is 1.72. The maximum absolute atomic E-state index is 5.84. The van der Waals surface area contributed by atoms with Gasteiger partial charge in [0.2, 0.25) is 0 Å². The summed E-state index contributed by atoms with van der Waals surface area (Å²) in [6, 6.07) is 7.95. The smallest absolute Gasteiger partial charge is 0.144 e. The minimum Gasteiger partial charge on any atom is -0.399 e. The fraction of sp³-hybridized carbons (Fsp3) is 0.214. The molecule has 0 amide bonds. The lowest BCUT2D eigenvalue weighted by Crippen LogP contribution is -2.08. The van der Waals surface area contributed by atoms with Crippen LogP contribution in [-0.4, -0.2) is 37.4 Å². The molecule has 0 saturated carbocycles. The molecule has 0 atom stereocenters. The summed E-state index contributed by atoms with van der Waals surface area (Å²) in [6.45, 7) is 0. The summed E-state index contributed by atoms with van der Waals surface area (Å²) in [4.78, 5) is 14.8. The van der Waals surface area contributed by atoms with Crippen LogP contribution in [0.3, 0.4) is 0 Å². The largest absolute Gasteiger partial charge is 0.399 e. The summed E-state index contributed by atoms with van der Waals surface area (Å²) in [6.07, 6.45) is 2.88. The van der Waals surface area contributed by atoms with Gasteiger partial charge in [-0.1, -0.05) is 5.16 Å². The molecule has 0 fully saturated rings. The molecule has 0 aliphatic heterocycles. The van der Waals surface area contributed by atoms with Gasteiger partial charge in [-0.3, -0.25) is 0 Å². The Kier molecular flexibility index (Phi) is 4.55. The normalized spacial score (nSPS) is 10.6. The molecule has 3 N–H and O–H groups in total. The first-order valence-corrected chi connectivity index (χ1v) is 6.33. The summed E-state index contributed by atoms with van der Waals surface area (Å²) in [5.74, 6) is 0.902. The zero-order chi connectivity index (χ0) is 15.2. The van der Waals surface area contributed by atoms with Crippen molar-refractivity contribution in [1.82, 2.24) is 9.97 Å². The Morgan fingerprint density at radius 3 is 2.57 bits per heavy atom. The average molecular weight is 286 g/mol. The molecule has 1 aromatic heterocycles. The number of anilines is 4. The van der Waals surface area contributed by atoms with Gasteiger partial charge in [-0.25, -0.2) is 9.97 Å². The minimum absolute atomic E-state index is 0.332. The second kappa shape index (κ2) is 6.56. The first kappa shape index (κ1) is 14.6. The molecule has 1 aromatic carbocycles. The predicted octanol–water partition coefficient (Wildman–Crippen LogP) is 1.85. The van der Waals surface area contributed by atoms with E-state index in [-0.39, 0.29) is 0 Å². The Hall–Kier alpha value is -2.83. The summed E-state index contributed by atoms with van der Waals surface area (Å²) in [5.41, 5.74) is 8.42. The van der Waals surface area contributed by atoms with Crippen LogP contribution >= 0.6 is 0 Å². The van der Waals surface area contributed by atoms with E-state index in [2.05, 4.69) is 25.3 Å². The van der Waals surface area contributed by atoms with E-state index in [1.165, 1.54) is 19.7 Å². The van der Waals surface area contributed by atoms with Crippen LogP contribution in [0.4, 0.5) is 23.0 Å². The molecule has 0 aliphatic rings. The highest BCUT2D eigenvalue weighted by atomic mass is 16.6. The number of oxime groups is 1. The third-order valence-electron chi connectivity index (χ3n) is 2.85. The number of rotatable bonds is 5. The monoisotopic (exact) mass is 286 g/mol. The van der Waals surface area contributed by atoms with Crippen LogP contribution in [0.25, 0.3) is 0 Å². The second-order valence-corrected chi connectivity index (χ2v) is 4.50. The van der Waals surface area contributed by atoms with Crippen molar-refractivity contribution < 1.29 is 4.84 Å². The Balaban J connectivity index is 2.26. The SMILES string of the molecule is CON=Cc1c(N)ncnc1Nc1ccc(N(C)C)cc1. The highest BCUT2D eigenvalue weighted by Crippen LogP contribution is 2.22. The van der Waals surface area contributed by atoms with Crippen molar-refractivity contribution in [2.45, 2.75) is 0 Å². The Morgan fingerprint density at radius 2 is 1.95 bits per heavy atom. The number of nitrogens with one attached hydrogen (secondary N) is 1. The van der Waals surface area contributed by atoms with Crippen LogP contribution < -0.4 is 16.0 Å². The molecule has 2 rings (SSSR count). The molecular weight excluding hydrogens is 268 g/mol. The highest BCUT2D eigenvalue weighted by molar-refractivity contribution is 5.92. The third-order valence-corrected chi connectivity index (χ3v) is 2.85. The van der Waals surface area contributed by atoms with Gasteiger partial charge in [-0.2, -0.15) is 0 Å². The second-order valence-electron chi connectivity index (χ2n) is 4.50. The number of nitrogen functional groups attached to an aromatic ring is 1. The van der Waals surface area contributed by atoms with Crippen molar-refractivity contribution >= 4 is 29.2 Å². The molecule has 0 radical (unpaired) electrons. The van der Waals surface area contributed by atoms with E-state index < -0.39 is 0 Å². The molecule has 2 aromatic rings. The molecule has 0 bridgehead atoms. The van der Waals surface area contributed by atoms with Gasteiger partial charge in [-0.15, -0.1) is 0 Å². The van der Waals surface area contributed by atoms with Crippen molar-refractivity contribution in [3.05, 3.63) is 36.2 Å². The first-order chi connectivity index (χ1) is 10.1. The average Bonchev–Trinajstić information content (AvgIpc) is 2.47. The minimum atomic E-state index is 0.332. The summed E-state index contributed by atoms with van der Waals surface area (Å²) >= 11 is 0. The van der Waals surface area contributed by atoms with Gasteiger partial charge in [0.1, 0.15) is 25.1 Å². The van der Waals surface area contributed by atoms with E-state index in [1.54, 1.807) is 0 Å². The van der Waals surface area contributed by atoms with E-state index in [0.717, 1.165) is 11.4 Å². The van der Waals surface area contributed by atoms with Crippen LogP contribution in [0.15, 0.2) is 35.7 Å². The van der Waals surface area contributed by atoms with Crippen LogP contribution in [0.1, 0.15) is 5.56 Å². The van der Waals surface area contributed by atoms with Crippen molar-refractivity contribution in [1.29, 1.82) is 0 Å². The molecule has 0 unspecified atom stereocenters. The third kappa shape index (κ3) is 3.59. The summed E-state index contributed by atoms with van der Waals surface area (Å²) in [5, 5.41) is 6.90. The quantitative estimate of drug-likeness (QED) is 0.644. The first-order valence-electron chi connectivity index (χ1n) is 6.33. The van der Waals surface area contributed by atoms with E-state index >= 15 is 0 Å². The number of hydrogen-bond donors (Lipinski definition) is 2. The number of nitrogens with zero attached hydrogens (tertiary/aromatic N) is 4. The zero-order valence-corrected chi connectivity index (χ0v) is 12.2. The number of aromatic nitrogens is 2. The van der Waals surface area contributed by atoms with Crippen molar-refractivity contribution in [3.63, 3.8) is 0 Å². The molecule has 21 heavy (non-hydrogen) atoms. The molecule has 7 nitrogen and oxygen atoms in total. The van der Waals surface area contributed by atoms with Crippen LogP contribution in [0.5, 0.6) is 0 Å². The van der Waals surface area contributed by atoms with E-state index in [4.69, 9.17) is 5.73 Å². The molecular formula is C14H18N6O. The Bertz CT molecular complexity index is 624. The van der Waals surface area contributed by atoms with Crippen LogP contribution in [0, 0.1) is 0 Å². The van der Waals surface area contributed by atoms with Crippen molar-refractivity contribution in [3.8, 4) is 0 Å². The Labute approximate surface area is 123 Å².